The van der Waals surface area contributed by atoms with Gasteiger partial charge in [0.25, 0.3) is 12.6 Å². The number of rotatable bonds is 8. The summed E-state index contributed by atoms with van der Waals surface area (Å²) in [6.45, 7) is 9.04. The highest BCUT2D eigenvalue weighted by Crippen LogP contribution is 1.98. The quantitative estimate of drug-likeness (QED) is 0.509. The van der Waals surface area contributed by atoms with Gasteiger partial charge in [-0.2, -0.15) is 0 Å². The normalized spacial score (nSPS) is 9.29. The van der Waals surface area contributed by atoms with Gasteiger partial charge in [-0.15, -0.1) is 0 Å². The summed E-state index contributed by atoms with van der Waals surface area (Å²) in [7, 11) is 0. The van der Waals surface area contributed by atoms with Crippen molar-refractivity contribution in [1.82, 2.24) is 5.32 Å². The zero-order valence-corrected chi connectivity index (χ0v) is 11.2. The van der Waals surface area contributed by atoms with Crippen molar-refractivity contribution in [2.24, 2.45) is 0 Å². The second kappa shape index (κ2) is 11.2. The fourth-order valence-electron chi connectivity index (χ4n) is 1.30. The number of hydrogen-bond donors (Lipinski definition) is 1. The Labute approximate surface area is 105 Å². The molecule has 0 rings (SSSR count). The SMILES string of the molecule is C=C(C)C(=O)NCCCC#[N+]CCCCCC. The van der Waals surface area contributed by atoms with E-state index >= 15 is 0 Å². The number of amides is 1. The third-order valence-electron chi connectivity index (χ3n) is 2.37. The molecule has 0 fully saturated rings. The highest BCUT2D eigenvalue weighted by atomic mass is 16.1. The fraction of sp³-hybridized carbons (Fsp3) is 0.714. The predicted molar refractivity (Wildman–Crippen MR) is 73.3 cm³/mol. The van der Waals surface area contributed by atoms with Gasteiger partial charge in [0, 0.05) is 18.5 Å². The van der Waals surface area contributed by atoms with E-state index in [0.717, 1.165) is 25.8 Å². The van der Waals surface area contributed by atoms with Crippen LogP contribution < -0.4 is 5.32 Å². The first-order valence-corrected chi connectivity index (χ1v) is 6.51. The first kappa shape index (κ1) is 15.7. The molecule has 0 aliphatic carbocycles. The van der Waals surface area contributed by atoms with Crippen molar-refractivity contribution in [2.75, 3.05) is 13.1 Å². The van der Waals surface area contributed by atoms with Gasteiger partial charge in [-0.3, -0.25) is 4.79 Å². The van der Waals surface area contributed by atoms with E-state index in [1.54, 1.807) is 6.92 Å². The Balaban J connectivity index is 3.30. The molecular weight excluding hydrogens is 212 g/mol. The van der Waals surface area contributed by atoms with Crippen LogP contribution in [-0.4, -0.2) is 19.0 Å². The molecule has 3 nitrogen and oxygen atoms in total. The Kier molecular flexibility index (Phi) is 10.3. The summed E-state index contributed by atoms with van der Waals surface area (Å²) < 4.78 is 0. The summed E-state index contributed by atoms with van der Waals surface area (Å²) in [5.41, 5.74) is 0.554. The van der Waals surface area contributed by atoms with Crippen molar-refractivity contribution in [2.45, 2.75) is 52.4 Å². The summed E-state index contributed by atoms with van der Waals surface area (Å²) >= 11 is 0. The van der Waals surface area contributed by atoms with Gasteiger partial charge in [0.15, 0.2) is 0 Å². The van der Waals surface area contributed by atoms with Crippen LogP contribution in [0, 0.1) is 6.07 Å². The van der Waals surface area contributed by atoms with E-state index in [-0.39, 0.29) is 5.91 Å². The highest BCUT2D eigenvalue weighted by Gasteiger charge is 1.99. The zero-order valence-electron chi connectivity index (χ0n) is 11.2. The van der Waals surface area contributed by atoms with Crippen LogP contribution in [0.25, 0.3) is 4.85 Å². The maximum atomic E-state index is 11.1. The highest BCUT2D eigenvalue weighted by molar-refractivity contribution is 5.91. The Morgan fingerprint density at radius 3 is 2.71 bits per heavy atom. The monoisotopic (exact) mass is 237 g/mol. The molecule has 17 heavy (non-hydrogen) atoms. The maximum Gasteiger partial charge on any atom is 0.272 e. The lowest BCUT2D eigenvalue weighted by Crippen LogP contribution is -2.24. The predicted octanol–water partition coefficient (Wildman–Crippen LogP) is 3.37. The molecule has 0 radical (unpaired) electrons. The van der Waals surface area contributed by atoms with E-state index in [1.165, 1.54) is 19.3 Å². The Bertz CT molecular complexity index is 286. The molecule has 0 aromatic heterocycles. The van der Waals surface area contributed by atoms with Crippen LogP contribution in [0.3, 0.4) is 0 Å². The molecule has 0 bridgehead atoms. The summed E-state index contributed by atoms with van der Waals surface area (Å²) in [6, 6.07) is 3.02. The van der Waals surface area contributed by atoms with Crippen LogP contribution >= 0.6 is 0 Å². The van der Waals surface area contributed by atoms with Crippen molar-refractivity contribution in [3.05, 3.63) is 17.0 Å². The minimum Gasteiger partial charge on any atom is -0.352 e. The number of nitrogens with one attached hydrogen (secondary N) is 1. The van der Waals surface area contributed by atoms with Crippen LogP contribution in [0.2, 0.25) is 0 Å². The fourth-order valence-corrected chi connectivity index (χ4v) is 1.30. The van der Waals surface area contributed by atoms with E-state index < -0.39 is 0 Å². The van der Waals surface area contributed by atoms with E-state index in [9.17, 15) is 4.79 Å². The Morgan fingerprint density at radius 2 is 2.06 bits per heavy atom. The van der Waals surface area contributed by atoms with Gasteiger partial charge < -0.3 is 5.32 Å². The molecule has 0 aliphatic heterocycles. The summed E-state index contributed by atoms with van der Waals surface area (Å²) in [5, 5.41) is 2.78. The van der Waals surface area contributed by atoms with E-state index in [4.69, 9.17) is 0 Å². The lowest BCUT2D eigenvalue weighted by Gasteiger charge is -2.00. The van der Waals surface area contributed by atoms with Gasteiger partial charge >= 0.3 is 0 Å². The van der Waals surface area contributed by atoms with Crippen LogP contribution in [-0.2, 0) is 4.79 Å². The largest absolute Gasteiger partial charge is 0.352 e. The van der Waals surface area contributed by atoms with Crippen LogP contribution in [0.15, 0.2) is 12.2 Å². The van der Waals surface area contributed by atoms with Crippen molar-refractivity contribution < 1.29 is 4.79 Å². The first-order valence-electron chi connectivity index (χ1n) is 6.51. The van der Waals surface area contributed by atoms with Crippen LogP contribution in [0.5, 0.6) is 0 Å². The summed E-state index contributed by atoms with van der Waals surface area (Å²) in [4.78, 5) is 15.3. The second-order valence-corrected chi connectivity index (χ2v) is 4.24. The molecule has 0 heterocycles. The van der Waals surface area contributed by atoms with Crippen molar-refractivity contribution in [1.29, 1.82) is 0 Å². The maximum absolute atomic E-state index is 11.1. The Hall–Kier alpha value is -1.30. The lowest BCUT2D eigenvalue weighted by atomic mass is 10.2. The van der Waals surface area contributed by atoms with Gasteiger partial charge in [0.05, 0.1) is 6.42 Å². The molecule has 0 aromatic rings. The van der Waals surface area contributed by atoms with Gasteiger partial charge in [0.1, 0.15) is 0 Å². The average Bonchev–Trinajstić information content (AvgIpc) is 2.31. The van der Waals surface area contributed by atoms with Crippen LogP contribution in [0.1, 0.15) is 52.4 Å². The standard InChI is InChI=1S/C14H24N2O/c1-4-5-6-7-10-15-11-8-9-12-16-14(17)13(2)3/h2,4-10,12H2,1,3H3/p+1. The zero-order chi connectivity index (χ0) is 12.9. The third kappa shape index (κ3) is 11.0. The van der Waals surface area contributed by atoms with Gasteiger partial charge in [-0.1, -0.05) is 31.2 Å². The molecule has 0 atom stereocenters. The number of hydrogen-bond acceptors (Lipinski definition) is 1. The average molecular weight is 237 g/mol. The van der Waals surface area contributed by atoms with E-state index in [0.29, 0.717) is 12.1 Å². The van der Waals surface area contributed by atoms with Crippen molar-refractivity contribution in [3.63, 3.8) is 0 Å². The molecule has 3 heteroatoms. The summed E-state index contributed by atoms with van der Waals surface area (Å²) in [5.74, 6) is -0.0681. The van der Waals surface area contributed by atoms with E-state index in [1.807, 2.05) is 0 Å². The number of nitrogens with zero attached hydrogens (tertiary/aromatic N) is 1. The molecule has 1 amide bonds. The second-order valence-electron chi connectivity index (χ2n) is 4.24. The number of carbonyl (C=O) groups is 1. The molecular formula is C14H25N2O+. The van der Waals surface area contributed by atoms with Gasteiger partial charge in [-0.25, -0.2) is 0 Å². The number of unbranched alkanes of at least 4 members (excludes halogenated alkanes) is 4. The topological polar surface area (TPSA) is 33.5 Å². The van der Waals surface area contributed by atoms with Crippen LogP contribution in [0.4, 0.5) is 0 Å². The molecule has 0 saturated heterocycles. The molecule has 96 valence electrons. The first-order chi connectivity index (χ1) is 8.18. The van der Waals surface area contributed by atoms with Gasteiger partial charge in [0.2, 0.25) is 5.91 Å². The third-order valence-corrected chi connectivity index (χ3v) is 2.37. The van der Waals surface area contributed by atoms with E-state index in [2.05, 4.69) is 29.7 Å². The van der Waals surface area contributed by atoms with Gasteiger partial charge in [-0.05, 0) is 19.8 Å². The number of carbonyl (C=O) groups excluding carboxylic acids is 1. The minimum atomic E-state index is -0.0681. The molecule has 0 aliphatic rings. The van der Waals surface area contributed by atoms with Crippen molar-refractivity contribution >= 4 is 5.91 Å². The molecule has 0 unspecified atom stereocenters. The molecule has 0 spiro atoms. The Morgan fingerprint density at radius 1 is 1.29 bits per heavy atom. The molecule has 0 saturated carbocycles. The lowest BCUT2D eigenvalue weighted by molar-refractivity contribution is -0.117. The molecule has 1 N–H and O–H groups in total. The molecule has 0 aromatic carbocycles. The van der Waals surface area contributed by atoms with Crippen molar-refractivity contribution in [3.8, 4) is 6.07 Å². The smallest absolute Gasteiger partial charge is 0.272 e. The minimum absolute atomic E-state index is 0.0681. The summed E-state index contributed by atoms with van der Waals surface area (Å²) in [6.07, 6.45) is 6.67.